The number of aliphatic hydroxyl groups is 1. The number of halogens is 1. The van der Waals surface area contributed by atoms with E-state index in [1.807, 2.05) is 0 Å². The second-order valence-electron chi connectivity index (χ2n) is 3.87. The molecule has 0 unspecified atom stereocenters. The average molecular weight is 272 g/mol. The van der Waals surface area contributed by atoms with E-state index in [1.54, 1.807) is 13.8 Å². The molecule has 0 saturated heterocycles. The van der Waals surface area contributed by atoms with Gasteiger partial charge in [-0.1, -0.05) is 0 Å². The molecule has 0 radical (unpaired) electrons. The van der Waals surface area contributed by atoms with Gasteiger partial charge in [0.05, 0.1) is 12.0 Å². The molecule has 0 aliphatic rings. The van der Waals surface area contributed by atoms with Crippen LogP contribution in [0.15, 0.2) is 9.59 Å². The molecular formula is C11H13FN2O3S. The van der Waals surface area contributed by atoms with Crippen LogP contribution >= 0.6 is 11.3 Å². The summed E-state index contributed by atoms with van der Waals surface area (Å²) in [6.07, 6.45) is 0. The Morgan fingerprint density at radius 1 is 1.33 bits per heavy atom. The Morgan fingerprint density at radius 2 is 2.00 bits per heavy atom. The molecule has 2 heterocycles. The summed E-state index contributed by atoms with van der Waals surface area (Å²) in [6.45, 7) is 2.33. The zero-order valence-electron chi connectivity index (χ0n) is 10.1. The third-order valence-electron chi connectivity index (χ3n) is 2.97. The lowest BCUT2D eigenvalue weighted by Gasteiger charge is -2.07. The fraction of sp³-hybridized carbons (Fsp3) is 0.455. The summed E-state index contributed by atoms with van der Waals surface area (Å²) in [5, 5.41) is 9.51. The van der Waals surface area contributed by atoms with Crippen LogP contribution in [0.3, 0.4) is 0 Å². The Labute approximate surface area is 106 Å². The van der Waals surface area contributed by atoms with Crippen LogP contribution < -0.4 is 11.2 Å². The molecule has 2 aromatic rings. The van der Waals surface area contributed by atoms with Crippen LogP contribution in [0.1, 0.15) is 17.4 Å². The van der Waals surface area contributed by atoms with Gasteiger partial charge in [-0.2, -0.15) is 0 Å². The van der Waals surface area contributed by atoms with E-state index >= 15 is 0 Å². The van der Waals surface area contributed by atoms with E-state index in [1.165, 1.54) is 0 Å². The van der Waals surface area contributed by atoms with Crippen molar-refractivity contribution < 1.29 is 9.50 Å². The SMILES string of the molecule is CCn1c(=O)c2c(C)c(CO)sc2n(CF)c1=O. The first kappa shape index (κ1) is 13.0. The Bertz CT molecular complexity index is 714. The van der Waals surface area contributed by atoms with Gasteiger partial charge >= 0.3 is 5.69 Å². The predicted molar refractivity (Wildman–Crippen MR) is 67.8 cm³/mol. The quantitative estimate of drug-likeness (QED) is 0.905. The van der Waals surface area contributed by atoms with Gasteiger partial charge in [-0.25, -0.2) is 9.18 Å². The molecule has 0 atom stereocenters. The molecule has 0 spiro atoms. The molecule has 1 N–H and O–H groups in total. The Balaban J connectivity index is 3.07. The van der Waals surface area contributed by atoms with Gasteiger partial charge in [0.15, 0.2) is 6.80 Å². The largest absolute Gasteiger partial charge is 0.391 e. The maximum absolute atomic E-state index is 13.0. The number of hydrogen-bond donors (Lipinski definition) is 1. The van der Waals surface area contributed by atoms with Crippen molar-refractivity contribution in [2.75, 3.05) is 0 Å². The molecular weight excluding hydrogens is 259 g/mol. The zero-order valence-corrected chi connectivity index (χ0v) is 10.9. The maximum atomic E-state index is 13.0. The minimum absolute atomic E-state index is 0.192. The normalized spacial score (nSPS) is 11.3. The van der Waals surface area contributed by atoms with Crippen molar-refractivity contribution in [2.24, 2.45) is 0 Å². The van der Waals surface area contributed by atoms with Gasteiger partial charge in [0.2, 0.25) is 0 Å². The van der Waals surface area contributed by atoms with E-state index in [0.29, 0.717) is 20.7 Å². The van der Waals surface area contributed by atoms with Gasteiger partial charge in [0, 0.05) is 11.4 Å². The lowest BCUT2D eigenvalue weighted by molar-refractivity contribution is 0.285. The summed E-state index contributed by atoms with van der Waals surface area (Å²) in [5.41, 5.74) is -0.453. The monoisotopic (exact) mass is 272 g/mol. The van der Waals surface area contributed by atoms with E-state index in [2.05, 4.69) is 0 Å². The Kier molecular flexibility index (Phi) is 3.36. The van der Waals surface area contributed by atoms with E-state index in [4.69, 9.17) is 0 Å². The molecule has 5 nitrogen and oxygen atoms in total. The van der Waals surface area contributed by atoms with Crippen molar-refractivity contribution in [2.45, 2.75) is 33.8 Å². The topological polar surface area (TPSA) is 64.2 Å². The highest BCUT2D eigenvalue weighted by atomic mass is 32.1. The van der Waals surface area contributed by atoms with Gasteiger partial charge in [-0.3, -0.25) is 13.9 Å². The van der Waals surface area contributed by atoms with Crippen LogP contribution in [-0.2, 0) is 20.0 Å². The maximum Gasteiger partial charge on any atom is 0.334 e. The van der Waals surface area contributed by atoms with Crippen molar-refractivity contribution in [3.63, 3.8) is 0 Å². The molecule has 0 amide bonds. The van der Waals surface area contributed by atoms with E-state index in [-0.39, 0.29) is 13.2 Å². The van der Waals surface area contributed by atoms with Crippen molar-refractivity contribution in [1.29, 1.82) is 0 Å². The first-order chi connectivity index (χ1) is 8.56. The van der Waals surface area contributed by atoms with Crippen LogP contribution in [0.5, 0.6) is 0 Å². The smallest absolute Gasteiger partial charge is 0.334 e. The fourth-order valence-electron chi connectivity index (χ4n) is 1.98. The van der Waals surface area contributed by atoms with Gasteiger partial charge in [-0.05, 0) is 19.4 Å². The number of nitrogens with zero attached hydrogens (tertiary/aromatic N) is 2. The van der Waals surface area contributed by atoms with E-state index in [9.17, 15) is 19.1 Å². The first-order valence-electron chi connectivity index (χ1n) is 5.49. The number of aliphatic hydroxyl groups excluding tert-OH is 1. The fourth-order valence-corrected chi connectivity index (χ4v) is 3.11. The third-order valence-corrected chi connectivity index (χ3v) is 4.27. The van der Waals surface area contributed by atoms with Crippen LogP contribution in [0.2, 0.25) is 0 Å². The van der Waals surface area contributed by atoms with Crippen LogP contribution in [0, 0.1) is 6.92 Å². The average Bonchev–Trinajstić information content (AvgIpc) is 2.68. The Hall–Kier alpha value is -1.47. The van der Waals surface area contributed by atoms with E-state index in [0.717, 1.165) is 20.5 Å². The summed E-state index contributed by atoms with van der Waals surface area (Å²) in [7, 11) is 0. The minimum Gasteiger partial charge on any atom is -0.391 e. The molecule has 0 saturated carbocycles. The van der Waals surface area contributed by atoms with Crippen LogP contribution in [-0.4, -0.2) is 14.2 Å². The van der Waals surface area contributed by atoms with Crippen molar-refractivity contribution >= 4 is 21.6 Å². The number of hydrogen-bond acceptors (Lipinski definition) is 4. The highest BCUT2D eigenvalue weighted by molar-refractivity contribution is 7.18. The molecule has 0 aliphatic carbocycles. The summed E-state index contributed by atoms with van der Waals surface area (Å²) >= 11 is 1.08. The Morgan fingerprint density at radius 3 is 2.50 bits per heavy atom. The molecule has 0 aromatic carbocycles. The molecule has 0 fully saturated rings. The zero-order chi connectivity index (χ0) is 13.4. The standard InChI is InChI=1S/C11H13FN2O3S/c1-3-13-9(16)8-6(2)7(4-15)18-10(8)14(5-12)11(13)17/h15H,3-5H2,1-2H3. The van der Waals surface area contributed by atoms with Crippen LogP contribution in [0.25, 0.3) is 10.2 Å². The predicted octanol–water partition coefficient (Wildman–Crippen LogP) is 0.972. The molecule has 98 valence electrons. The van der Waals surface area contributed by atoms with Gasteiger partial charge in [0.25, 0.3) is 5.56 Å². The number of rotatable bonds is 3. The lowest BCUT2D eigenvalue weighted by Crippen LogP contribution is -2.38. The van der Waals surface area contributed by atoms with E-state index < -0.39 is 18.0 Å². The molecule has 2 rings (SSSR count). The highest BCUT2D eigenvalue weighted by Crippen LogP contribution is 2.27. The van der Waals surface area contributed by atoms with Gasteiger partial charge < -0.3 is 5.11 Å². The van der Waals surface area contributed by atoms with Crippen molar-refractivity contribution in [3.8, 4) is 0 Å². The third kappa shape index (κ3) is 1.62. The summed E-state index contributed by atoms with van der Waals surface area (Å²) < 4.78 is 14.9. The molecule has 0 aliphatic heterocycles. The summed E-state index contributed by atoms with van der Waals surface area (Å²) in [6, 6.07) is 0. The first-order valence-corrected chi connectivity index (χ1v) is 6.30. The number of thiophene rings is 1. The summed E-state index contributed by atoms with van der Waals surface area (Å²) in [4.78, 5) is 24.9. The van der Waals surface area contributed by atoms with Crippen LogP contribution in [0.4, 0.5) is 4.39 Å². The number of aryl methyl sites for hydroxylation is 1. The lowest BCUT2D eigenvalue weighted by atomic mass is 10.2. The molecule has 18 heavy (non-hydrogen) atoms. The van der Waals surface area contributed by atoms with Gasteiger partial charge in [-0.15, -0.1) is 11.3 Å². The van der Waals surface area contributed by atoms with Gasteiger partial charge in [0.1, 0.15) is 4.83 Å². The molecule has 0 bridgehead atoms. The summed E-state index contributed by atoms with van der Waals surface area (Å²) in [5.74, 6) is 0. The second-order valence-corrected chi connectivity index (χ2v) is 4.95. The number of aromatic nitrogens is 2. The molecule has 2 aromatic heterocycles. The number of alkyl halides is 1. The second kappa shape index (κ2) is 4.66. The number of fused-ring (bicyclic) bond motifs is 1. The highest BCUT2D eigenvalue weighted by Gasteiger charge is 2.18. The van der Waals surface area contributed by atoms with Crippen molar-refractivity contribution in [1.82, 2.24) is 9.13 Å². The molecule has 7 heteroatoms. The minimum atomic E-state index is -0.986. The van der Waals surface area contributed by atoms with Crippen molar-refractivity contribution in [3.05, 3.63) is 31.3 Å².